The third kappa shape index (κ3) is 3.83. The number of aryl methyl sites for hydroxylation is 1. The molecule has 0 aliphatic carbocycles. The number of hydrogen-bond donors (Lipinski definition) is 1. The number of sulfonamides is 1. The third-order valence-electron chi connectivity index (χ3n) is 4.61. The second kappa shape index (κ2) is 7.50. The number of nitrogens with one attached hydrogen (secondary N) is 1. The second-order valence-electron chi connectivity index (χ2n) is 6.89. The first kappa shape index (κ1) is 18.1. The lowest BCUT2D eigenvalue weighted by molar-refractivity contribution is 0.602. The summed E-state index contributed by atoms with van der Waals surface area (Å²) < 4.78 is 35.8. The summed E-state index contributed by atoms with van der Waals surface area (Å²) in [6.45, 7) is 1.92. The molecule has 4 aromatic rings. The van der Waals surface area contributed by atoms with E-state index in [2.05, 4.69) is 4.98 Å². The molecule has 0 aliphatic heterocycles. The van der Waals surface area contributed by atoms with Gasteiger partial charge in [-0.25, -0.2) is 13.4 Å². The lowest BCUT2D eigenvalue weighted by Gasteiger charge is -2.17. The largest absolute Gasteiger partial charge is 0.377 e. The van der Waals surface area contributed by atoms with Crippen LogP contribution in [0.4, 0.5) is 11.4 Å². The monoisotopic (exact) mass is 424 g/mol. The molecule has 7 heteroatoms. The number of anilines is 2. The van der Waals surface area contributed by atoms with Gasteiger partial charge in [0.2, 0.25) is 0 Å². The minimum atomic E-state index is -4.09. The van der Waals surface area contributed by atoms with E-state index in [1.807, 2.05) is 55.6 Å². The number of thiazole rings is 1. The van der Waals surface area contributed by atoms with Crippen LogP contribution in [0.15, 0.2) is 70.9 Å². The van der Waals surface area contributed by atoms with Crippen molar-refractivity contribution in [1.82, 2.24) is 4.98 Å². The lowest BCUT2D eigenvalue weighted by atomic mass is 10.1. The van der Waals surface area contributed by atoms with Gasteiger partial charge in [-0.3, -0.25) is 4.72 Å². The zero-order valence-electron chi connectivity index (χ0n) is 17.3. The third-order valence-corrected chi connectivity index (χ3v) is 6.74. The van der Waals surface area contributed by atoms with E-state index < -0.39 is 10.0 Å². The fourth-order valence-corrected chi connectivity index (χ4v) is 5.10. The van der Waals surface area contributed by atoms with Gasteiger partial charge in [0.05, 0.1) is 15.6 Å². The van der Waals surface area contributed by atoms with Gasteiger partial charge in [-0.1, -0.05) is 36.4 Å². The van der Waals surface area contributed by atoms with Crippen molar-refractivity contribution in [3.05, 3.63) is 71.1 Å². The predicted octanol–water partition coefficient (Wildman–Crippen LogP) is 5.14. The number of benzene rings is 3. The van der Waals surface area contributed by atoms with Crippen LogP contribution >= 0.6 is 11.3 Å². The molecule has 0 bridgehead atoms. The zero-order valence-corrected chi connectivity index (χ0v) is 18.0. The maximum Gasteiger partial charge on any atom is 0.262 e. The summed E-state index contributed by atoms with van der Waals surface area (Å²) in [6.07, 6.45) is 0. The standard InChI is InChI=1S/C22H21N3O2S2/c1-15-23-20(14-28-15)16-7-4-8-17(13-16)24-29(26,27)22-12-6-9-18-19(22)10-5-11-21(18)25(2)3/h4-14,24H,1-3H3/i/hD. The van der Waals surface area contributed by atoms with Crippen LogP contribution in [-0.2, 0) is 10.0 Å². The van der Waals surface area contributed by atoms with E-state index in [1.165, 1.54) is 11.3 Å². The predicted molar refractivity (Wildman–Crippen MR) is 121 cm³/mol. The molecule has 0 spiro atoms. The van der Waals surface area contributed by atoms with Gasteiger partial charge in [0.1, 0.15) is 0 Å². The normalized spacial score (nSPS) is 12.0. The molecule has 0 unspecified atom stereocenters. The van der Waals surface area contributed by atoms with Gasteiger partial charge >= 0.3 is 0 Å². The van der Waals surface area contributed by atoms with Crippen molar-refractivity contribution < 1.29 is 9.83 Å². The molecule has 0 atom stereocenters. The zero-order chi connectivity index (χ0) is 21.5. The highest BCUT2D eigenvalue weighted by Crippen LogP contribution is 2.31. The van der Waals surface area contributed by atoms with Crippen LogP contribution in [0.5, 0.6) is 0 Å². The number of nitrogens with zero attached hydrogens (tertiary/aromatic N) is 2. The van der Waals surface area contributed by atoms with E-state index in [1.54, 1.807) is 36.4 Å². The minimum Gasteiger partial charge on any atom is -0.377 e. The highest BCUT2D eigenvalue weighted by Gasteiger charge is 2.19. The molecule has 1 heterocycles. The van der Waals surface area contributed by atoms with Crippen LogP contribution in [0.25, 0.3) is 22.0 Å². The Bertz CT molecular complexity index is 1330. The van der Waals surface area contributed by atoms with Gasteiger partial charge in [-0.2, -0.15) is 0 Å². The first-order valence-corrected chi connectivity index (χ1v) is 11.4. The molecule has 0 radical (unpaired) electrons. The number of hydrogen-bond acceptors (Lipinski definition) is 5. The number of fused-ring (bicyclic) bond motifs is 1. The Morgan fingerprint density at radius 1 is 1.03 bits per heavy atom. The Labute approximate surface area is 176 Å². The minimum absolute atomic E-state index is 0.105. The summed E-state index contributed by atoms with van der Waals surface area (Å²) in [5, 5.41) is 4.26. The smallest absolute Gasteiger partial charge is 0.262 e. The van der Waals surface area contributed by atoms with Crippen LogP contribution in [-0.4, -0.2) is 27.5 Å². The molecule has 0 amide bonds. The van der Waals surface area contributed by atoms with Crippen LogP contribution in [0.1, 0.15) is 5.01 Å². The topological polar surface area (TPSA) is 62.3 Å². The van der Waals surface area contributed by atoms with Gasteiger partial charge in [0.15, 0.2) is 1.41 Å². The Hall–Kier alpha value is -2.90. The van der Waals surface area contributed by atoms with E-state index in [-0.39, 0.29) is 10.6 Å². The first-order chi connectivity index (χ1) is 14.3. The van der Waals surface area contributed by atoms with Crippen molar-refractivity contribution in [2.45, 2.75) is 11.8 Å². The van der Waals surface area contributed by atoms with E-state index in [9.17, 15) is 8.42 Å². The maximum absolute atomic E-state index is 13.4. The van der Waals surface area contributed by atoms with Gasteiger partial charge in [0, 0.05) is 47.2 Å². The Morgan fingerprint density at radius 3 is 2.48 bits per heavy atom. The number of aromatic nitrogens is 1. The Balaban J connectivity index is 1.80. The Kier molecular flexibility index (Phi) is 4.69. The van der Waals surface area contributed by atoms with Crippen molar-refractivity contribution in [3.8, 4) is 11.3 Å². The lowest BCUT2D eigenvalue weighted by Crippen LogP contribution is -2.14. The number of rotatable bonds is 5. The average molecular weight is 425 g/mol. The van der Waals surface area contributed by atoms with Gasteiger partial charge in [0.25, 0.3) is 10.0 Å². The quantitative estimate of drug-likeness (QED) is 0.482. The average Bonchev–Trinajstić information content (AvgIpc) is 3.18. The van der Waals surface area contributed by atoms with E-state index in [0.717, 1.165) is 27.3 Å². The summed E-state index contributed by atoms with van der Waals surface area (Å²) in [5.74, 6) is 0. The van der Waals surface area contributed by atoms with Crippen molar-refractivity contribution in [3.63, 3.8) is 0 Å². The van der Waals surface area contributed by atoms with Gasteiger partial charge < -0.3 is 4.90 Å². The fourth-order valence-electron chi connectivity index (χ4n) is 3.29. The van der Waals surface area contributed by atoms with Gasteiger partial charge in [-0.05, 0) is 31.2 Å². The molecule has 0 fully saturated rings. The van der Waals surface area contributed by atoms with Crippen LogP contribution < -0.4 is 9.62 Å². The highest BCUT2D eigenvalue weighted by molar-refractivity contribution is 7.93. The highest BCUT2D eigenvalue weighted by atomic mass is 32.2. The molecule has 1 aromatic heterocycles. The molecule has 4 rings (SSSR count). The van der Waals surface area contributed by atoms with E-state index >= 15 is 0 Å². The first-order valence-electron chi connectivity index (χ1n) is 9.49. The summed E-state index contributed by atoms with van der Waals surface area (Å²) in [7, 11) is -0.261. The molecule has 0 saturated carbocycles. The Morgan fingerprint density at radius 2 is 1.76 bits per heavy atom. The molecule has 148 valence electrons. The molecule has 1 N–H and O–H groups in total. The van der Waals surface area contributed by atoms with Crippen LogP contribution in [0.2, 0.25) is 1.41 Å². The van der Waals surface area contributed by atoms with Crippen molar-refractivity contribution in [1.29, 1.82) is 0 Å². The maximum atomic E-state index is 13.4. The molecule has 0 aliphatic rings. The molecular weight excluding hydrogens is 402 g/mol. The molecular formula is C22H21N3O2S2. The summed E-state index contributed by atoms with van der Waals surface area (Å²) in [6, 6.07) is 17.6. The van der Waals surface area contributed by atoms with Crippen molar-refractivity contribution in [2.75, 3.05) is 23.7 Å². The van der Waals surface area contributed by atoms with Crippen molar-refractivity contribution in [2.24, 2.45) is 0 Å². The summed E-state index contributed by atoms with van der Waals surface area (Å²) >= 11 is 1.53. The van der Waals surface area contributed by atoms with Gasteiger partial charge in [-0.15, -0.1) is 11.3 Å². The van der Waals surface area contributed by atoms with Crippen LogP contribution in [0, 0.1) is 6.92 Å². The van der Waals surface area contributed by atoms with Crippen molar-refractivity contribution >= 4 is 43.5 Å². The van der Waals surface area contributed by atoms with E-state index in [4.69, 9.17) is 1.41 Å². The SMILES string of the molecule is [2H]N(c1cccc(-c2csc(C)n2)c1)S(=O)(=O)c1cccc2c(N(C)C)cccc12. The summed E-state index contributed by atoms with van der Waals surface area (Å²) in [5.41, 5.74) is 2.73. The molecule has 3 aromatic carbocycles. The molecule has 0 saturated heterocycles. The molecule has 29 heavy (non-hydrogen) atoms. The summed E-state index contributed by atoms with van der Waals surface area (Å²) in [4.78, 5) is 6.50. The molecule has 5 nitrogen and oxygen atoms in total. The van der Waals surface area contributed by atoms with Crippen LogP contribution in [0.3, 0.4) is 0 Å². The van der Waals surface area contributed by atoms with E-state index in [0.29, 0.717) is 10.1 Å². The fraction of sp³-hybridized carbons (Fsp3) is 0.136. The second-order valence-corrected chi connectivity index (χ2v) is 9.53.